The molecular weight excluding hydrogens is 202 g/mol. The summed E-state index contributed by atoms with van der Waals surface area (Å²) in [5.74, 6) is 0.894. The molecule has 1 N–H and O–H groups in total. The second-order valence-electron chi connectivity index (χ2n) is 4.36. The van der Waals surface area contributed by atoms with Crippen molar-refractivity contribution in [1.29, 1.82) is 0 Å². The van der Waals surface area contributed by atoms with E-state index in [2.05, 4.69) is 26.1 Å². The van der Waals surface area contributed by atoms with Gasteiger partial charge in [0.05, 0.1) is 12.4 Å². The van der Waals surface area contributed by atoms with Gasteiger partial charge in [-0.2, -0.15) is 0 Å². The van der Waals surface area contributed by atoms with E-state index in [1.807, 2.05) is 12.1 Å². The van der Waals surface area contributed by atoms with Gasteiger partial charge in [-0.3, -0.25) is 0 Å². The Labute approximate surface area is 98.2 Å². The van der Waals surface area contributed by atoms with Gasteiger partial charge in [0.1, 0.15) is 12.4 Å². The van der Waals surface area contributed by atoms with E-state index in [-0.39, 0.29) is 6.10 Å². The average molecular weight is 225 g/mol. The maximum Gasteiger partial charge on any atom is 0.129 e. The van der Waals surface area contributed by atoms with Crippen LogP contribution in [0.15, 0.2) is 22.8 Å². The molecule has 92 valence electrons. The number of rotatable bonds is 8. The third kappa shape index (κ3) is 5.33. The van der Waals surface area contributed by atoms with Gasteiger partial charge in [-0.25, -0.2) is 0 Å². The van der Waals surface area contributed by atoms with Crippen molar-refractivity contribution in [2.75, 3.05) is 6.54 Å². The molecule has 1 atom stereocenters. The molecule has 0 radical (unpaired) electrons. The second kappa shape index (κ2) is 7.47. The quantitative estimate of drug-likeness (QED) is 0.738. The second-order valence-corrected chi connectivity index (χ2v) is 4.36. The molecule has 1 heterocycles. The summed E-state index contributed by atoms with van der Waals surface area (Å²) in [6.45, 7) is 7.95. The van der Waals surface area contributed by atoms with Gasteiger partial charge >= 0.3 is 0 Å². The first-order valence-corrected chi connectivity index (χ1v) is 6.09. The zero-order valence-electron chi connectivity index (χ0n) is 10.5. The molecule has 0 aromatic carbocycles. The van der Waals surface area contributed by atoms with Crippen molar-refractivity contribution in [1.82, 2.24) is 5.32 Å². The molecule has 16 heavy (non-hydrogen) atoms. The van der Waals surface area contributed by atoms with Crippen LogP contribution in [0.3, 0.4) is 0 Å². The first-order valence-electron chi connectivity index (χ1n) is 6.09. The molecular formula is C13H23NO2. The van der Waals surface area contributed by atoms with Gasteiger partial charge in [0, 0.05) is 12.6 Å². The molecule has 3 heteroatoms. The summed E-state index contributed by atoms with van der Waals surface area (Å²) in [7, 11) is 0. The Morgan fingerprint density at radius 2 is 2.25 bits per heavy atom. The highest BCUT2D eigenvalue weighted by atomic mass is 16.5. The lowest BCUT2D eigenvalue weighted by molar-refractivity contribution is 0.0246. The summed E-state index contributed by atoms with van der Waals surface area (Å²) in [5, 5.41) is 3.40. The molecule has 0 spiro atoms. The van der Waals surface area contributed by atoms with Gasteiger partial charge in [0.2, 0.25) is 0 Å². The maximum atomic E-state index is 5.82. The first-order chi connectivity index (χ1) is 7.72. The molecule has 0 saturated heterocycles. The fourth-order valence-corrected chi connectivity index (χ4v) is 1.53. The lowest BCUT2D eigenvalue weighted by Gasteiger charge is -2.18. The third-order valence-corrected chi connectivity index (χ3v) is 2.41. The predicted molar refractivity (Wildman–Crippen MR) is 65.3 cm³/mol. The lowest BCUT2D eigenvalue weighted by atomic mass is 10.2. The Kier molecular flexibility index (Phi) is 6.19. The van der Waals surface area contributed by atoms with Gasteiger partial charge in [0.25, 0.3) is 0 Å². The minimum Gasteiger partial charge on any atom is -0.467 e. The number of ether oxygens (including phenoxy) is 1. The number of hydrogen-bond acceptors (Lipinski definition) is 3. The smallest absolute Gasteiger partial charge is 0.129 e. The highest BCUT2D eigenvalue weighted by molar-refractivity contribution is 4.96. The summed E-state index contributed by atoms with van der Waals surface area (Å²) in [4.78, 5) is 0. The normalized spacial score (nSPS) is 13.2. The maximum absolute atomic E-state index is 5.82. The summed E-state index contributed by atoms with van der Waals surface area (Å²) in [6, 6.07) is 4.34. The molecule has 0 aliphatic rings. The Morgan fingerprint density at radius 1 is 1.44 bits per heavy atom. The van der Waals surface area contributed by atoms with Gasteiger partial charge in [-0.15, -0.1) is 0 Å². The highest BCUT2D eigenvalue weighted by Gasteiger charge is 2.09. The van der Waals surface area contributed by atoms with Crippen LogP contribution in [0.1, 0.15) is 39.4 Å². The molecule has 1 aromatic heterocycles. The number of furan rings is 1. The Bertz CT molecular complexity index is 257. The van der Waals surface area contributed by atoms with Crippen LogP contribution in [0.25, 0.3) is 0 Å². The summed E-state index contributed by atoms with van der Waals surface area (Å²) < 4.78 is 11.1. The Hall–Kier alpha value is -0.800. The topological polar surface area (TPSA) is 34.4 Å². The molecule has 0 aliphatic carbocycles. The van der Waals surface area contributed by atoms with Gasteiger partial charge < -0.3 is 14.5 Å². The van der Waals surface area contributed by atoms with E-state index < -0.39 is 0 Å². The minimum absolute atomic E-state index is 0.275. The van der Waals surface area contributed by atoms with Crippen LogP contribution in [-0.4, -0.2) is 18.7 Å². The number of hydrogen-bond donors (Lipinski definition) is 1. The van der Waals surface area contributed by atoms with E-state index in [0.29, 0.717) is 12.6 Å². The zero-order valence-corrected chi connectivity index (χ0v) is 10.5. The van der Waals surface area contributed by atoms with Crippen molar-refractivity contribution < 1.29 is 9.15 Å². The van der Waals surface area contributed by atoms with E-state index in [9.17, 15) is 0 Å². The van der Waals surface area contributed by atoms with Crippen LogP contribution < -0.4 is 5.32 Å². The van der Waals surface area contributed by atoms with Crippen molar-refractivity contribution >= 4 is 0 Å². The first kappa shape index (κ1) is 13.3. The van der Waals surface area contributed by atoms with E-state index in [1.54, 1.807) is 6.26 Å². The van der Waals surface area contributed by atoms with Crippen LogP contribution in [0.2, 0.25) is 0 Å². The fraction of sp³-hybridized carbons (Fsp3) is 0.692. The van der Waals surface area contributed by atoms with E-state index in [0.717, 1.165) is 25.1 Å². The van der Waals surface area contributed by atoms with Crippen molar-refractivity contribution in [3.8, 4) is 0 Å². The Balaban J connectivity index is 2.27. The van der Waals surface area contributed by atoms with E-state index >= 15 is 0 Å². The molecule has 0 saturated carbocycles. The molecule has 0 bridgehead atoms. The molecule has 0 amide bonds. The van der Waals surface area contributed by atoms with Crippen LogP contribution in [0.4, 0.5) is 0 Å². The predicted octanol–water partition coefficient (Wildman–Crippen LogP) is 2.96. The molecule has 0 aliphatic heterocycles. The monoisotopic (exact) mass is 225 g/mol. The minimum atomic E-state index is 0.275. The van der Waals surface area contributed by atoms with Crippen molar-refractivity contribution in [3.63, 3.8) is 0 Å². The van der Waals surface area contributed by atoms with Crippen LogP contribution in [0, 0.1) is 0 Å². The lowest BCUT2D eigenvalue weighted by Crippen LogP contribution is -2.33. The third-order valence-electron chi connectivity index (χ3n) is 2.41. The number of nitrogens with one attached hydrogen (secondary N) is 1. The molecule has 1 aromatic rings. The highest BCUT2D eigenvalue weighted by Crippen LogP contribution is 2.08. The summed E-state index contributed by atoms with van der Waals surface area (Å²) in [5.41, 5.74) is 0. The largest absolute Gasteiger partial charge is 0.467 e. The van der Waals surface area contributed by atoms with Gasteiger partial charge in [-0.1, -0.05) is 27.2 Å². The van der Waals surface area contributed by atoms with Crippen molar-refractivity contribution in [3.05, 3.63) is 24.2 Å². The van der Waals surface area contributed by atoms with Crippen molar-refractivity contribution in [2.45, 2.75) is 52.4 Å². The van der Waals surface area contributed by atoms with Gasteiger partial charge in [-0.05, 0) is 18.6 Å². The molecule has 1 unspecified atom stereocenters. The van der Waals surface area contributed by atoms with Crippen molar-refractivity contribution in [2.24, 2.45) is 0 Å². The standard InChI is InChI=1S/C13H23NO2/c1-4-6-12(9-14-11(2)3)16-10-13-7-5-8-15-13/h5,7-8,11-12,14H,4,6,9-10H2,1-3H3. The molecule has 1 rings (SSSR count). The zero-order chi connectivity index (χ0) is 11.8. The molecule has 3 nitrogen and oxygen atoms in total. The SMILES string of the molecule is CCCC(CNC(C)C)OCc1ccco1. The van der Waals surface area contributed by atoms with Crippen LogP contribution >= 0.6 is 0 Å². The van der Waals surface area contributed by atoms with E-state index in [1.165, 1.54) is 0 Å². The van der Waals surface area contributed by atoms with Gasteiger partial charge in [0.15, 0.2) is 0 Å². The van der Waals surface area contributed by atoms with Crippen LogP contribution in [0.5, 0.6) is 0 Å². The van der Waals surface area contributed by atoms with Crippen LogP contribution in [-0.2, 0) is 11.3 Å². The summed E-state index contributed by atoms with van der Waals surface area (Å²) in [6.07, 6.45) is 4.18. The van der Waals surface area contributed by atoms with E-state index in [4.69, 9.17) is 9.15 Å². The fourth-order valence-electron chi connectivity index (χ4n) is 1.53. The average Bonchev–Trinajstić information content (AvgIpc) is 2.75. The molecule has 0 fully saturated rings. The Morgan fingerprint density at radius 3 is 2.81 bits per heavy atom. The summed E-state index contributed by atoms with van der Waals surface area (Å²) >= 11 is 0.